The van der Waals surface area contributed by atoms with Crippen molar-refractivity contribution in [3.63, 3.8) is 0 Å². The molecule has 5 rings (SSSR count). The number of halogens is 2. The number of hydrogen-bond acceptors (Lipinski definition) is 8. The summed E-state index contributed by atoms with van der Waals surface area (Å²) in [6.07, 6.45) is 20.3. The molecule has 1 saturated heterocycles. The summed E-state index contributed by atoms with van der Waals surface area (Å²) in [6.45, 7) is 4.00. The van der Waals surface area contributed by atoms with Gasteiger partial charge >= 0.3 is 5.97 Å². The van der Waals surface area contributed by atoms with Crippen LogP contribution in [0.1, 0.15) is 168 Å². The van der Waals surface area contributed by atoms with Gasteiger partial charge in [0.15, 0.2) is 11.3 Å². The molecule has 1 aromatic carbocycles. The molecule has 2 aromatic rings. The number of carbonyl (C=O) groups is 3. The number of esters is 1. The number of fused-ring (bicyclic) bond motifs is 5. The number of aromatic nitrogens is 1. The normalized spacial score (nSPS) is 20.1. The summed E-state index contributed by atoms with van der Waals surface area (Å²) in [4.78, 5) is 62.9. The molecule has 3 atom stereocenters. The fraction of sp³-hybridized carbons (Fsp3) is 0.643. The molecule has 1 spiro atoms. The molecule has 4 heterocycles. The Morgan fingerprint density at radius 3 is 2.20 bits per heavy atom. The zero-order valence-corrected chi connectivity index (χ0v) is 32.8. The van der Waals surface area contributed by atoms with Crippen molar-refractivity contribution in [3.8, 4) is 5.75 Å². The van der Waals surface area contributed by atoms with Crippen LogP contribution in [0.15, 0.2) is 34.3 Å². The molecule has 3 aliphatic heterocycles. The van der Waals surface area contributed by atoms with E-state index in [1.165, 1.54) is 88.1 Å². The Kier molecular flexibility index (Phi) is 15.3. The van der Waals surface area contributed by atoms with Gasteiger partial charge in [0, 0.05) is 43.4 Å². The van der Waals surface area contributed by atoms with E-state index in [4.69, 9.17) is 14.3 Å². The minimum atomic E-state index is -0.973. The van der Waals surface area contributed by atoms with Gasteiger partial charge in [0.2, 0.25) is 17.1 Å². The van der Waals surface area contributed by atoms with Crippen molar-refractivity contribution in [1.29, 1.82) is 0 Å². The molecule has 0 unspecified atom stereocenters. The Hall–Kier alpha value is -4.29. The van der Waals surface area contributed by atoms with Crippen LogP contribution in [0, 0.1) is 11.6 Å². The summed E-state index contributed by atoms with van der Waals surface area (Å²) < 4.78 is 40.6. The predicted molar refractivity (Wildman–Crippen MR) is 205 cm³/mol. The van der Waals surface area contributed by atoms with Gasteiger partial charge in [0.25, 0.3) is 11.8 Å². The smallest absolute Gasteiger partial charge is 0.311 e. The largest absolute Gasteiger partial charge is 0.482 e. The van der Waals surface area contributed by atoms with E-state index in [2.05, 4.69) is 17.4 Å². The van der Waals surface area contributed by atoms with Gasteiger partial charge in [-0.25, -0.2) is 8.78 Å². The highest BCUT2D eigenvalue weighted by Gasteiger charge is 2.55. The topological polar surface area (TPSA) is 129 Å². The van der Waals surface area contributed by atoms with Gasteiger partial charge in [-0.15, -0.1) is 0 Å². The van der Waals surface area contributed by atoms with Crippen LogP contribution in [0.4, 0.5) is 8.78 Å². The van der Waals surface area contributed by atoms with E-state index in [-0.39, 0.29) is 43.2 Å². The van der Waals surface area contributed by atoms with Crippen LogP contribution in [0.5, 0.6) is 5.75 Å². The molecule has 13 heteroatoms. The molecule has 1 aromatic heterocycles. The maximum atomic E-state index is 14.4. The number of amides is 2. The summed E-state index contributed by atoms with van der Waals surface area (Å²) >= 11 is 0. The molecule has 1 N–H and O–H groups in total. The average molecular weight is 769 g/mol. The van der Waals surface area contributed by atoms with Crippen molar-refractivity contribution >= 4 is 23.7 Å². The molecule has 302 valence electrons. The second-order valence-corrected chi connectivity index (χ2v) is 15.4. The first-order chi connectivity index (χ1) is 26.6. The molecular formula is C42H58F2N4O7. The Morgan fingerprint density at radius 1 is 0.964 bits per heavy atom. The van der Waals surface area contributed by atoms with Gasteiger partial charge in [-0.05, 0) is 32.3 Å². The van der Waals surface area contributed by atoms with E-state index >= 15 is 0 Å². The fourth-order valence-corrected chi connectivity index (χ4v) is 8.01. The van der Waals surface area contributed by atoms with Crippen LogP contribution in [0.3, 0.4) is 0 Å². The number of nitrogens with one attached hydrogen (secondary N) is 1. The second-order valence-electron chi connectivity index (χ2n) is 15.4. The van der Waals surface area contributed by atoms with Crippen LogP contribution < -0.4 is 15.5 Å². The van der Waals surface area contributed by atoms with Gasteiger partial charge in [-0.1, -0.05) is 108 Å². The number of nitrogens with zero attached hydrogens (tertiary/aromatic N) is 3. The maximum absolute atomic E-state index is 14.4. The summed E-state index contributed by atoms with van der Waals surface area (Å²) in [7, 11) is 1.49. The summed E-state index contributed by atoms with van der Waals surface area (Å²) in [6, 6.07) is 2.11. The van der Waals surface area contributed by atoms with Crippen molar-refractivity contribution in [3.05, 3.63) is 63.1 Å². The molecule has 2 amide bonds. The van der Waals surface area contributed by atoms with Crippen molar-refractivity contribution in [2.75, 3.05) is 13.7 Å². The monoisotopic (exact) mass is 768 g/mol. The number of carbonyl (C=O) groups excluding carboxylic acids is 3. The van der Waals surface area contributed by atoms with Crippen LogP contribution >= 0.6 is 0 Å². The van der Waals surface area contributed by atoms with Crippen molar-refractivity contribution < 1.29 is 37.5 Å². The number of pyridine rings is 1. The van der Waals surface area contributed by atoms with E-state index in [1.54, 1.807) is 4.90 Å². The Balaban J connectivity index is 1.26. The lowest BCUT2D eigenvalue weighted by Gasteiger charge is -2.41. The molecule has 2 bridgehead atoms. The molecule has 0 aliphatic carbocycles. The van der Waals surface area contributed by atoms with E-state index in [1.807, 2.05) is 6.92 Å². The lowest BCUT2D eigenvalue weighted by molar-refractivity contribution is -0.134. The number of ether oxygens (including phenoxy) is 2. The number of benzene rings is 1. The molecule has 3 aliphatic rings. The molecule has 11 nitrogen and oxygen atoms in total. The zero-order chi connectivity index (χ0) is 39.4. The fourth-order valence-electron chi connectivity index (χ4n) is 8.01. The molecule has 0 saturated carbocycles. The van der Waals surface area contributed by atoms with Gasteiger partial charge in [-0.3, -0.25) is 19.2 Å². The van der Waals surface area contributed by atoms with E-state index in [0.717, 1.165) is 31.7 Å². The van der Waals surface area contributed by atoms with Crippen molar-refractivity contribution in [1.82, 2.24) is 14.8 Å². The van der Waals surface area contributed by atoms with Crippen LogP contribution in [0.2, 0.25) is 0 Å². The highest BCUT2D eigenvalue weighted by Crippen LogP contribution is 2.46. The quantitative estimate of drug-likeness (QED) is 0.106. The van der Waals surface area contributed by atoms with Crippen LogP contribution in [0.25, 0.3) is 0 Å². The predicted octanol–water partition coefficient (Wildman–Crippen LogP) is 8.52. The van der Waals surface area contributed by atoms with Crippen molar-refractivity contribution in [2.45, 2.75) is 160 Å². The van der Waals surface area contributed by atoms with Crippen molar-refractivity contribution in [2.24, 2.45) is 5.16 Å². The number of methoxy groups -OCH3 is 1. The van der Waals surface area contributed by atoms with E-state index in [9.17, 15) is 28.0 Å². The van der Waals surface area contributed by atoms with Gasteiger partial charge in [0.05, 0.1) is 19.6 Å². The number of oxime groups is 1. The summed E-state index contributed by atoms with van der Waals surface area (Å²) in [5, 5.41) is 6.67. The minimum Gasteiger partial charge on any atom is -0.482 e. The lowest BCUT2D eigenvalue weighted by Crippen LogP contribution is -2.52. The van der Waals surface area contributed by atoms with E-state index in [0.29, 0.717) is 31.2 Å². The van der Waals surface area contributed by atoms with Crippen LogP contribution in [-0.2, 0) is 20.9 Å². The molecule has 0 radical (unpaired) electrons. The highest BCUT2D eigenvalue weighted by atomic mass is 19.1. The molecule has 1 fully saturated rings. The first-order valence-corrected chi connectivity index (χ1v) is 20.4. The molecule has 55 heavy (non-hydrogen) atoms. The Labute approximate surface area is 323 Å². The summed E-state index contributed by atoms with van der Waals surface area (Å²) in [5.41, 5.74) is -2.45. The third kappa shape index (κ3) is 10.5. The highest BCUT2D eigenvalue weighted by molar-refractivity contribution is 6.00. The number of hydrogen-bond donors (Lipinski definition) is 1. The first-order valence-electron chi connectivity index (χ1n) is 20.4. The minimum absolute atomic E-state index is 0.00842. The third-order valence-electron chi connectivity index (χ3n) is 11.4. The van der Waals surface area contributed by atoms with Gasteiger partial charge in [-0.2, -0.15) is 0 Å². The zero-order valence-electron chi connectivity index (χ0n) is 32.8. The van der Waals surface area contributed by atoms with E-state index < -0.39 is 57.8 Å². The average Bonchev–Trinajstić information content (AvgIpc) is 3.55. The standard InChI is InChI=1S/C42H58F2N4O7/c1-4-5-6-7-8-9-10-11-12-13-14-15-16-17-18-19-36(49)54-39-37-41(52)47-28-34(42(23-22-29(47)2)25-35(53-3)46-55-42)48(37)27-32(38(39)50)40(51)45-26-30-20-21-31(43)24-33(30)44/h20-21,24,27,29,34H,4-19,22-23,25-26,28H2,1-3H3,(H,45,51)/t29-,34+,42-/m0/s1. The second kappa shape index (κ2) is 20.0. The SMILES string of the molecule is CCCCCCCCCCCCCCCCCC(=O)Oc1c2n(cc(C(=O)NCc3ccc(F)cc3F)c1=O)[C@@H]1CN(C2=O)[C@@H](C)CC[C@]12CC(OC)=NO2. The number of rotatable bonds is 20. The summed E-state index contributed by atoms with van der Waals surface area (Å²) in [5.74, 6) is -3.84. The van der Waals surface area contributed by atoms with Gasteiger partial charge in [0.1, 0.15) is 17.2 Å². The van der Waals surface area contributed by atoms with Gasteiger partial charge < -0.3 is 29.1 Å². The lowest BCUT2D eigenvalue weighted by atomic mass is 9.85. The molecular weight excluding hydrogens is 710 g/mol. The van der Waals surface area contributed by atoms with Crippen LogP contribution in [-0.4, -0.2) is 58.4 Å². The Morgan fingerprint density at radius 2 is 1.60 bits per heavy atom. The first kappa shape index (κ1) is 41.9. The number of unbranched alkanes of at least 4 members (excludes halogenated alkanes) is 14. The Bertz CT molecular complexity index is 1750. The maximum Gasteiger partial charge on any atom is 0.311 e. The third-order valence-corrected chi connectivity index (χ3v) is 11.4.